The first-order valence-electron chi connectivity index (χ1n) is 7.18. The van der Waals surface area contributed by atoms with E-state index in [1.807, 2.05) is 6.92 Å². The van der Waals surface area contributed by atoms with E-state index in [0.717, 1.165) is 11.8 Å². The van der Waals surface area contributed by atoms with Crippen LogP contribution in [0.1, 0.15) is 81.8 Å². The zero-order valence-electron chi connectivity index (χ0n) is 11.4. The highest BCUT2D eigenvalue weighted by atomic mass is 35.5. The summed E-state index contributed by atoms with van der Waals surface area (Å²) < 4.78 is 5.34. The number of halogens is 1. The van der Waals surface area contributed by atoms with Gasteiger partial charge in [-0.05, 0) is 38.5 Å². The van der Waals surface area contributed by atoms with Gasteiger partial charge in [0.25, 0.3) is 0 Å². The van der Waals surface area contributed by atoms with E-state index in [9.17, 15) is 0 Å². The monoisotopic (exact) mass is 270 g/mol. The van der Waals surface area contributed by atoms with Crippen LogP contribution in [0.25, 0.3) is 0 Å². The third kappa shape index (κ3) is 3.47. The number of rotatable bonds is 5. The molecule has 18 heavy (non-hydrogen) atoms. The fourth-order valence-electron chi connectivity index (χ4n) is 2.77. The smallest absolute Gasteiger partial charge is 0.229 e. The van der Waals surface area contributed by atoms with Crippen molar-refractivity contribution in [1.82, 2.24) is 10.1 Å². The van der Waals surface area contributed by atoms with Crippen molar-refractivity contribution >= 4 is 11.6 Å². The molecule has 0 amide bonds. The Balaban J connectivity index is 1.85. The highest BCUT2D eigenvalue weighted by molar-refractivity contribution is 6.20. The van der Waals surface area contributed by atoms with Gasteiger partial charge in [0.1, 0.15) is 0 Å². The predicted octanol–water partition coefficient (Wildman–Crippen LogP) is 4.83. The van der Waals surface area contributed by atoms with Crippen molar-refractivity contribution in [2.45, 2.75) is 70.1 Å². The van der Waals surface area contributed by atoms with Crippen LogP contribution in [0.3, 0.4) is 0 Å². The largest absolute Gasteiger partial charge is 0.339 e. The molecule has 3 nitrogen and oxygen atoms in total. The maximum Gasteiger partial charge on any atom is 0.229 e. The number of hydrogen-bond donors (Lipinski definition) is 0. The summed E-state index contributed by atoms with van der Waals surface area (Å²) in [6.45, 7) is 4.14. The standard InChI is InChI=1S/C14H23ClN2O/c1-3-4-5-11-6-8-12(9-7-11)14-16-13(10(2)15)17-18-14/h10-12H,3-9H2,1-2H3. The van der Waals surface area contributed by atoms with Crippen LogP contribution in [0.15, 0.2) is 4.52 Å². The molecule has 2 rings (SSSR count). The fraction of sp³-hybridized carbons (Fsp3) is 0.857. The van der Waals surface area contributed by atoms with Crippen LogP contribution in [-0.2, 0) is 0 Å². The van der Waals surface area contributed by atoms with Crippen molar-refractivity contribution in [2.75, 3.05) is 0 Å². The topological polar surface area (TPSA) is 38.9 Å². The van der Waals surface area contributed by atoms with Gasteiger partial charge in [-0.3, -0.25) is 0 Å². The summed E-state index contributed by atoms with van der Waals surface area (Å²) >= 11 is 5.95. The number of alkyl halides is 1. The Morgan fingerprint density at radius 1 is 1.33 bits per heavy atom. The number of unbranched alkanes of at least 4 members (excludes halogenated alkanes) is 1. The molecule has 4 heteroatoms. The second-order valence-corrected chi connectivity index (χ2v) is 6.12. The lowest BCUT2D eigenvalue weighted by molar-refractivity contribution is 0.260. The fourth-order valence-corrected chi connectivity index (χ4v) is 2.85. The maximum atomic E-state index is 5.95. The van der Waals surface area contributed by atoms with Crippen LogP contribution >= 0.6 is 11.6 Å². The third-order valence-electron chi connectivity index (χ3n) is 3.98. The van der Waals surface area contributed by atoms with E-state index in [-0.39, 0.29) is 5.38 Å². The molecule has 0 bridgehead atoms. The Morgan fingerprint density at radius 3 is 2.61 bits per heavy atom. The molecule has 0 N–H and O–H groups in total. The minimum Gasteiger partial charge on any atom is -0.339 e. The Hall–Kier alpha value is -0.570. The highest BCUT2D eigenvalue weighted by Crippen LogP contribution is 2.37. The van der Waals surface area contributed by atoms with E-state index in [4.69, 9.17) is 16.1 Å². The zero-order chi connectivity index (χ0) is 13.0. The lowest BCUT2D eigenvalue weighted by Gasteiger charge is -2.26. The van der Waals surface area contributed by atoms with Crippen LogP contribution in [0.5, 0.6) is 0 Å². The van der Waals surface area contributed by atoms with Crippen molar-refractivity contribution in [3.8, 4) is 0 Å². The number of nitrogens with zero attached hydrogens (tertiary/aromatic N) is 2. The Labute approximate surface area is 114 Å². The third-order valence-corrected chi connectivity index (χ3v) is 4.17. The molecule has 0 radical (unpaired) electrons. The summed E-state index contributed by atoms with van der Waals surface area (Å²) in [6.07, 6.45) is 9.04. The van der Waals surface area contributed by atoms with Gasteiger partial charge in [0.05, 0.1) is 5.38 Å². The lowest BCUT2D eigenvalue weighted by atomic mass is 9.80. The van der Waals surface area contributed by atoms with Crippen molar-refractivity contribution in [3.63, 3.8) is 0 Å². The molecule has 1 aromatic heterocycles. The van der Waals surface area contributed by atoms with Crippen LogP contribution in [0, 0.1) is 5.92 Å². The van der Waals surface area contributed by atoms with Crippen LogP contribution in [0.2, 0.25) is 0 Å². The maximum absolute atomic E-state index is 5.95. The van der Waals surface area contributed by atoms with Crippen molar-refractivity contribution in [1.29, 1.82) is 0 Å². The quantitative estimate of drug-likeness (QED) is 0.719. The summed E-state index contributed by atoms with van der Waals surface area (Å²) in [5, 5.41) is 3.78. The first-order chi connectivity index (χ1) is 8.70. The molecule has 0 aromatic carbocycles. The van der Waals surface area contributed by atoms with E-state index in [0.29, 0.717) is 11.7 Å². The summed E-state index contributed by atoms with van der Waals surface area (Å²) in [5.74, 6) is 2.79. The minimum absolute atomic E-state index is 0.164. The van der Waals surface area contributed by atoms with Gasteiger partial charge < -0.3 is 4.52 Å². The van der Waals surface area contributed by atoms with E-state index in [2.05, 4.69) is 17.1 Å². The Morgan fingerprint density at radius 2 is 2.06 bits per heavy atom. The zero-order valence-corrected chi connectivity index (χ0v) is 12.1. The first kappa shape index (κ1) is 13.9. The SMILES string of the molecule is CCCCC1CCC(c2nc(C(C)Cl)no2)CC1. The summed E-state index contributed by atoms with van der Waals surface area (Å²) in [5.41, 5.74) is 0. The van der Waals surface area contributed by atoms with E-state index in [1.54, 1.807) is 0 Å². The van der Waals surface area contributed by atoms with Gasteiger partial charge in [0, 0.05) is 5.92 Å². The second-order valence-electron chi connectivity index (χ2n) is 5.47. The van der Waals surface area contributed by atoms with Crippen LogP contribution in [-0.4, -0.2) is 10.1 Å². The van der Waals surface area contributed by atoms with Gasteiger partial charge in [0.15, 0.2) is 5.82 Å². The predicted molar refractivity (Wildman–Crippen MR) is 72.8 cm³/mol. The lowest BCUT2D eigenvalue weighted by Crippen LogP contribution is -2.13. The summed E-state index contributed by atoms with van der Waals surface area (Å²) in [7, 11) is 0. The average molecular weight is 271 g/mol. The van der Waals surface area contributed by atoms with Crippen LogP contribution in [0.4, 0.5) is 0 Å². The Bertz CT molecular complexity index is 356. The van der Waals surface area contributed by atoms with Gasteiger partial charge in [-0.1, -0.05) is 31.3 Å². The molecular formula is C14H23ClN2O. The molecule has 102 valence electrons. The van der Waals surface area contributed by atoms with Crippen molar-refractivity contribution in [2.24, 2.45) is 5.92 Å². The van der Waals surface area contributed by atoms with Crippen LogP contribution < -0.4 is 0 Å². The van der Waals surface area contributed by atoms with Gasteiger partial charge >= 0.3 is 0 Å². The minimum atomic E-state index is -0.164. The molecule has 0 spiro atoms. The molecule has 1 atom stereocenters. The Kier molecular flexibility index (Phi) is 5.04. The summed E-state index contributed by atoms with van der Waals surface area (Å²) in [6, 6.07) is 0. The molecule has 1 heterocycles. The molecule has 1 aliphatic carbocycles. The number of hydrogen-bond acceptors (Lipinski definition) is 3. The molecular weight excluding hydrogens is 248 g/mol. The molecule has 1 aromatic rings. The molecule has 1 saturated carbocycles. The summed E-state index contributed by atoms with van der Waals surface area (Å²) in [4.78, 5) is 4.41. The van der Waals surface area contributed by atoms with Gasteiger partial charge in [-0.2, -0.15) is 4.98 Å². The molecule has 0 saturated heterocycles. The second kappa shape index (κ2) is 6.55. The van der Waals surface area contributed by atoms with E-state index >= 15 is 0 Å². The molecule has 1 fully saturated rings. The van der Waals surface area contributed by atoms with E-state index in [1.165, 1.54) is 44.9 Å². The molecule has 0 aliphatic heterocycles. The van der Waals surface area contributed by atoms with Gasteiger partial charge in [-0.15, -0.1) is 11.6 Å². The molecule has 1 aliphatic rings. The number of aromatic nitrogens is 2. The van der Waals surface area contributed by atoms with Crippen molar-refractivity contribution in [3.05, 3.63) is 11.7 Å². The highest BCUT2D eigenvalue weighted by Gasteiger charge is 2.26. The molecule has 1 unspecified atom stereocenters. The van der Waals surface area contributed by atoms with E-state index < -0.39 is 0 Å². The normalized spacial score (nSPS) is 26.2. The van der Waals surface area contributed by atoms with Crippen molar-refractivity contribution < 1.29 is 4.52 Å². The van der Waals surface area contributed by atoms with Gasteiger partial charge in [0.2, 0.25) is 5.89 Å². The average Bonchev–Trinajstić information content (AvgIpc) is 2.87. The first-order valence-corrected chi connectivity index (χ1v) is 7.62. The van der Waals surface area contributed by atoms with Gasteiger partial charge in [-0.25, -0.2) is 0 Å².